The summed E-state index contributed by atoms with van der Waals surface area (Å²) < 4.78 is 0. The highest BCUT2D eigenvalue weighted by Crippen LogP contribution is 2.32. The van der Waals surface area contributed by atoms with Gasteiger partial charge in [-0.25, -0.2) is 0 Å². The molecule has 0 unspecified atom stereocenters. The van der Waals surface area contributed by atoms with Gasteiger partial charge in [-0.1, -0.05) is 6.07 Å². The van der Waals surface area contributed by atoms with Crippen LogP contribution < -0.4 is 0 Å². The van der Waals surface area contributed by atoms with Crippen LogP contribution >= 0.6 is 0 Å². The van der Waals surface area contributed by atoms with Gasteiger partial charge in [-0.15, -0.1) is 0 Å². The third kappa shape index (κ3) is 2.04. The molecule has 0 aromatic carbocycles. The van der Waals surface area contributed by atoms with E-state index in [2.05, 4.69) is 17.5 Å². The Labute approximate surface area is 67.5 Å². The largest absolute Gasteiger partial charge is 0.264 e. The van der Waals surface area contributed by atoms with Crippen LogP contribution in [0.15, 0.2) is 24.5 Å². The normalized spacial score (nSPS) is 16.7. The third-order valence-corrected chi connectivity index (χ3v) is 2.03. The van der Waals surface area contributed by atoms with E-state index in [1.165, 1.54) is 18.4 Å². The number of aromatic nitrogens is 1. The molecule has 1 fully saturated rings. The molecule has 1 heteroatoms. The Morgan fingerprint density at radius 1 is 1.55 bits per heavy atom. The summed E-state index contributed by atoms with van der Waals surface area (Å²) >= 11 is 0. The van der Waals surface area contributed by atoms with Gasteiger partial charge in [-0.05, 0) is 43.2 Å². The van der Waals surface area contributed by atoms with E-state index < -0.39 is 0 Å². The molecular weight excluding hydrogens is 134 g/mol. The van der Waals surface area contributed by atoms with Gasteiger partial charge in [0.1, 0.15) is 0 Å². The number of nitrogens with zero attached hydrogens (tertiary/aromatic N) is 1. The Morgan fingerprint density at radius 2 is 2.45 bits per heavy atom. The lowest BCUT2D eigenvalue weighted by atomic mass is 10.1. The molecule has 0 spiro atoms. The summed E-state index contributed by atoms with van der Waals surface area (Å²) in [6.45, 7) is 0. The highest BCUT2D eigenvalue weighted by Gasteiger charge is 2.20. The van der Waals surface area contributed by atoms with Crippen molar-refractivity contribution < 1.29 is 0 Å². The third-order valence-electron chi connectivity index (χ3n) is 2.03. The van der Waals surface area contributed by atoms with Crippen molar-refractivity contribution in [3.63, 3.8) is 0 Å². The van der Waals surface area contributed by atoms with Gasteiger partial charge in [0.25, 0.3) is 0 Å². The Morgan fingerprint density at radius 3 is 3.09 bits per heavy atom. The molecular formula is C10H12N. The summed E-state index contributed by atoms with van der Waals surface area (Å²) in [4.78, 5) is 4.06. The lowest BCUT2D eigenvalue weighted by Crippen LogP contribution is -1.87. The lowest BCUT2D eigenvalue weighted by molar-refractivity contribution is 0.920. The summed E-state index contributed by atoms with van der Waals surface area (Å²) in [6.07, 6.45) is 10.1. The fourth-order valence-corrected chi connectivity index (χ4v) is 1.15. The van der Waals surface area contributed by atoms with E-state index in [0.29, 0.717) is 0 Å². The van der Waals surface area contributed by atoms with Gasteiger partial charge in [0.05, 0.1) is 0 Å². The van der Waals surface area contributed by atoms with Gasteiger partial charge in [-0.3, -0.25) is 4.98 Å². The Bertz CT molecular complexity index is 214. The molecule has 0 saturated heterocycles. The first kappa shape index (κ1) is 6.84. The number of pyridine rings is 1. The van der Waals surface area contributed by atoms with Crippen molar-refractivity contribution in [3.8, 4) is 0 Å². The fourth-order valence-electron chi connectivity index (χ4n) is 1.15. The first-order chi connectivity index (χ1) is 5.45. The second-order valence-corrected chi connectivity index (χ2v) is 3.14. The zero-order chi connectivity index (χ0) is 7.52. The van der Waals surface area contributed by atoms with Gasteiger partial charge >= 0.3 is 0 Å². The molecule has 1 radical (unpaired) electrons. The Balaban J connectivity index is 1.85. The maximum Gasteiger partial charge on any atom is 0.0299 e. The first-order valence-electron chi connectivity index (χ1n) is 4.17. The van der Waals surface area contributed by atoms with Crippen LogP contribution in [0, 0.1) is 12.3 Å². The maximum atomic E-state index is 4.06. The molecule has 1 aliphatic carbocycles. The molecule has 2 rings (SSSR count). The van der Waals surface area contributed by atoms with Crippen molar-refractivity contribution in [1.82, 2.24) is 4.98 Å². The van der Waals surface area contributed by atoms with E-state index in [0.717, 1.165) is 12.3 Å². The van der Waals surface area contributed by atoms with Gasteiger partial charge in [-0.2, -0.15) is 0 Å². The van der Waals surface area contributed by atoms with E-state index >= 15 is 0 Å². The minimum Gasteiger partial charge on any atom is -0.264 e. The molecule has 1 aromatic rings. The van der Waals surface area contributed by atoms with Crippen LogP contribution in [0.1, 0.15) is 18.4 Å². The van der Waals surface area contributed by atoms with E-state index in [1.54, 1.807) is 0 Å². The number of hydrogen-bond acceptors (Lipinski definition) is 1. The molecule has 0 amide bonds. The Hall–Kier alpha value is -0.850. The topological polar surface area (TPSA) is 12.9 Å². The minimum absolute atomic E-state index is 0.912. The molecule has 0 N–H and O–H groups in total. The average Bonchev–Trinajstić information content (AvgIpc) is 2.86. The smallest absolute Gasteiger partial charge is 0.0299 e. The summed E-state index contributed by atoms with van der Waals surface area (Å²) in [5, 5.41) is 0. The minimum atomic E-state index is 0.912. The first-order valence-corrected chi connectivity index (χ1v) is 4.17. The van der Waals surface area contributed by atoms with Crippen molar-refractivity contribution in [2.24, 2.45) is 5.92 Å². The fraction of sp³-hybridized carbons (Fsp3) is 0.400. The van der Waals surface area contributed by atoms with E-state index in [9.17, 15) is 0 Å². The summed E-state index contributed by atoms with van der Waals surface area (Å²) in [6, 6.07) is 4.13. The van der Waals surface area contributed by atoms with Crippen LogP contribution in [-0.4, -0.2) is 4.98 Å². The maximum absolute atomic E-state index is 4.06. The van der Waals surface area contributed by atoms with Crippen LogP contribution in [0.25, 0.3) is 0 Å². The molecule has 1 nitrogen and oxygen atoms in total. The van der Waals surface area contributed by atoms with Crippen LogP contribution in [-0.2, 0) is 6.42 Å². The number of rotatable bonds is 3. The molecule has 11 heavy (non-hydrogen) atoms. The molecule has 57 valence electrons. The van der Waals surface area contributed by atoms with Crippen molar-refractivity contribution in [2.75, 3.05) is 0 Å². The summed E-state index contributed by atoms with van der Waals surface area (Å²) in [5.74, 6) is 0.912. The second kappa shape index (κ2) is 3.04. The van der Waals surface area contributed by atoms with Crippen LogP contribution in [0.2, 0.25) is 0 Å². The van der Waals surface area contributed by atoms with E-state index in [1.807, 2.05) is 18.5 Å². The predicted octanol–water partition coefficient (Wildman–Crippen LogP) is 2.24. The molecule has 0 aliphatic heterocycles. The molecule has 1 aromatic heterocycles. The molecule has 1 saturated carbocycles. The van der Waals surface area contributed by atoms with Gasteiger partial charge in [0.2, 0.25) is 0 Å². The highest BCUT2D eigenvalue weighted by molar-refractivity contribution is 5.12. The van der Waals surface area contributed by atoms with E-state index in [-0.39, 0.29) is 0 Å². The second-order valence-electron chi connectivity index (χ2n) is 3.14. The van der Waals surface area contributed by atoms with Crippen molar-refractivity contribution in [1.29, 1.82) is 0 Å². The zero-order valence-corrected chi connectivity index (χ0v) is 6.53. The average molecular weight is 146 g/mol. The Kier molecular flexibility index (Phi) is 1.89. The van der Waals surface area contributed by atoms with Crippen LogP contribution in [0.4, 0.5) is 0 Å². The van der Waals surface area contributed by atoms with Crippen molar-refractivity contribution in [2.45, 2.75) is 19.3 Å². The van der Waals surface area contributed by atoms with Crippen LogP contribution in [0.3, 0.4) is 0 Å². The van der Waals surface area contributed by atoms with E-state index in [4.69, 9.17) is 0 Å². The van der Waals surface area contributed by atoms with Gasteiger partial charge < -0.3 is 0 Å². The summed E-state index contributed by atoms with van der Waals surface area (Å²) in [5.41, 5.74) is 1.33. The van der Waals surface area contributed by atoms with Crippen LogP contribution in [0.5, 0.6) is 0 Å². The van der Waals surface area contributed by atoms with Crippen molar-refractivity contribution >= 4 is 0 Å². The molecule has 1 aliphatic rings. The highest BCUT2D eigenvalue weighted by atomic mass is 14.6. The SMILES string of the molecule is [CH](Cc1cccnc1)C1CC1. The quantitative estimate of drug-likeness (QED) is 0.637. The van der Waals surface area contributed by atoms with Gasteiger partial charge in [0.15, 0.2) is 0 Å². The number of hydrogen-bond donors (Lipinski definition) is 0. The van der Waals surface area contributed by atoms with Crippen molar-refractivity contribution in [3.05, 3.63) is 36.5 Å². The predicted molar refractivity (Wildman–Crippen MR) is 45.0 cm³/mol. The lowest BCUT2D eigenvalue weighted by Gasteiger charge is -1.96. The molecule has 1 heterocycles. The van der Waals surface area contributed by atoms with Gasteiger partial charge in [0, 0.05) is 12.4 Å². The standard InChI is InChI=1S/C10H12N/c1-2-10(8-11-7-1)6-5-9-3-4-9/h1-2,5,7-9H,3-4,6H2. The molecule has 0 atom stereocenters. The monoisotopic (exact) mass is 146 g/mol. The summed E-state index contributed by atoms with van der Waals surface area (Å²) in [7, 11) is 0. The molecule has 0 bridgehead atoms. The zero-order valence-electron chi connectivity index (χ0n) is 6.53.